The number of non-ortho nitro benzene ring substituents is 1. The molecular weight excluding hydrogens is 388 g/mol. The molecule has 0 spiro atoms. The zero-order valence-electron chi connectivity index (χ0n) is 16.6. The van der Waals surface area contributed by atoms with E-state index in [2.05, 4.69) is 0 Å². The molecule has 1 fully saturated rings. The van der Waals surface area contributed by atoms with Crippen molar-refractivity contribution >= 4 is 23.1 Å². The van der Waals surface area contributed by atoms with Gasteiger partial charge in [-0.05, 0) is 19.4 Å². The number of amides is 1. The highest BCUT2D eigenvalue weighted by Gasteiger charge is 2.45. The minimum absolute atomic E-state index is 0.0399. The Morgan fingerprint density at radius 3 is 2.50 bits per heavy atom. The molecule has 8 heteroatoms. The third-order valence-corrected chi connectivity index (χ3v) is 4.77. The first kappa shape index (κ1) is 21.2. The van der Waals surface area contributed by atoms with E-state index in [4.69, 9.17) is 4.74 Å². The van der Waals surface area contributed by atoms with Crippen LogP contribution >= 0.6 is 0 Å². The number of benzene rings is 2. The highest BCUT2D eigenvalue weighted by molar-refractivity contribution is 6.46. The number of ketones is 1. The molecular formula is C22H22N2O6. The van der Waals surface area contributed by atoms with Gasteiger partial charge in [0.2, 0.25) is 0 Å². The Labute approximate surface area is 173 Å². The van der Waals surface area contributed by atoms with Crippen molar-refractivity contribution in [2.45, 2.75) is 26.0 Å². The Bertz CT molecular complexity index is 1000. The topological polar surface area (TPSA) is 110 Å². The van der Waals surface area contributed by atoms with E-state index in [1.165, 1.54) is 29.2 Å². The number of nitro benzene ring substituents is 1. The molecule has 1 saturated heterocycles. The van der Waals surface area contributed by atoms with E-state index in [0.29, 0.717) is 5.56 Å². The van der Waals surface area contributed by atoms with Gasteiger partial charge >= 0.3 is 0 Å². The van der Waals surface area contributed by atoms with Crippen LogP contribution in [0.1, 0.15) is 31.0 Å². The molecule has 1 heterocycles. The van der Waals surface area contributed by atoms with Crippen molar-refractivity contribution < 1.29 is 24.4 Å². The molecule has 1 aliphatic rings. The zero-order chi connectivity index (χ0) is 21.8. The summed E-state index contributed by atoms with van der Waals surface area (Å²) in [6, 6.07) is 13.4. The van der Waals surface area contributed by atoms with Crippen LogP contribution in [-0.4, -0.2) is 45.9 Å². The van der Waals surface area contributed by atoms with Gasteiger partial charge in [-0.25, -0.2) is 0 Å². The third kappa shape index (κ3) is 4.23. The summed E-state index contributed by atoms with van der Waals surface area (Å²) in [6.45, 7) is 4.12. The molecule has 1 amide bonds. The van der Waals surface area contributed by atoms with Crippen LogP contribution in [0, 0.1) is 10.1 Å². The van der Waals surface area contributed by atoms with Gasteiger partial charge in [0.15, 0.2) is 0 Å². The number of hydrogen-bond donors (Lipinski definition) is 1. The van der Waals surface area contributed by atoms with Crippen molar-refractivity contribution in [3.05, 3.63) is 81.4 Å². The highest BCUT2D eigenvalue weighted by atomic mass is 16.6. The predicted octanol–water partition coefficient (Wildman–Crippen LogP) is 3.44. The number of likely N-dealkylation sites (tertiary alicyclic amines) is 1. The molecule has 30 heavy (non-hydrogen) atoms. The molecule has 1 N–H and O–H groups in total. The fourth-order valence-corrected chi connectivity index (χ4v) is 3.40. The van der Waals surface area contributed by atoms with Crippen molar-refractivity contribution in [2.24, 2.45) is 0 Å². The van der Waals surface area contributed by atoms with Crippen molar-refractivity contribution in [3.8, 4) is 0 Å². The zero-order valence-corrected chi connectivity index (χ0v) is 16.6. The molecule has 0 aromatic heterocycles. The molecule has 2 aromatic carbocycles. The minimum atomic E-state index is -0.836. The summed E-state index contributed by atoms with van der Waals surface area (Å²) in [5.41, 5.74) is 0.418. The monoisotopic (exact) mass is 410 g/mol. The Balaban J connectivity index is 2.09. The van der Waals surface area contributed by atoms with Crippen LogP contribution in [0.15, 0.2) is 60.2 Å². The van der Waals surface area contributed by atoms with E-state index >= 15 is 0 Å². The van der Waals surface area contributed by atoms with Gasteiger partial charge in [0.05, 0.1) is 29.2 Å². The van der Waals surface area contributed by atoms with E-state index in [0.717, 1.165) is 0 Å². The van der Waals surface area contributed by atoms with E-state index in [1.54, 1.807) is 30.3 Å². The maximum absolute atomic E-state index is 12.8. The molecule has 2 aromatic rings. The predicted molar refractivity (Wildman–Crippen MR) is 110 cm³/mol. The van der Waals surface area contributed by atoms with Crippen molar-refractivity contribution in [1.82, 2.24) is 4.90 Å². The van der Waals surface area contributed by atoms with Gasteiger partial charge in [-0.2, -0.15) is 0 Å². The number of nitrogens with zero attached hydrogens (tertiary/aromatic N) is 2. The van der Waals surface area contributed by atoms with Gasteiger partial charge in [0.1, 0.15) is 5.76 Å². The number of carbonyl (C=O) groups excluding carboxylic acids is 2. The van der Waals surface area contributed by atoms with Gasteiger partial charge in [0, 0.05) is 24.2 Å². The molecule has 1 aliphatic heterocycles. The van der Waals surface area contributed by atoms with E-state index < -0.39 is 28.4 Å². The summed E-state index contributed by atoms with van der Waals surface area (Å²) < 4.78 is 5.54. The average Bonchev–Trinajstić information content (AvgIpc) is 2.98. The van der Waals surface area contributed by atoms with Crippen LogP contribution in [0.2, 0.25) is 0 Å². The van der Waals surface area contributed by atoms with Crippen LogP contribution in [0.3, 0.4) is 0 Å². The SMILES string of the molecule is CC(C)OCCN1C(=O)C(=O)/C(=C(\O)c2cccc([N+](=O)[O-])c2)C1c1ccccc1. The van der Waals surface area contributed by atoms with Crippen LogP contribution < -0.4 is 0 Å². The lowest BCUT2D eigenvalue weighted by molar-refractivity contribution is -0.384. The maximum atomic E-state index is 12.8. The van der Waals surface area contributed by atoms with Gasteiger partial charge in [-0.3, -0.25) is 19.7 Å². The lowest BCUT2D eigenvalue weighted by Crippen LogP contribution is -2.33. The van der Waals surface area contributed by atoms with E-state index in [-0.39, 0.29) is 36.1 Å². The molecule has 1 atom stereocenters. The van der Waals surface area contributed by atoms with Gasteiger partial charge in [-0.15, -0.1) is 0 Å². The first-order chi connectivity index (χ1) is 14.3. The fourth-order valence-electron chi connectivity index (χ4n) is 3.40. The van der Waals surface area contributed by atoms with Crippen LogP contribution in [-0.2, 0) is 14.3 Å². The molecule has 0 radical (unpaired) electrons. The summed E-state index contributed by atoms with van der Waals surface area (Å²) in [5.74, 6) is -2.03. The third-order valence-electron chi connectivity index (χ3n) is 4.77. The number of aliphatic hydroxyl groups excluding tert-OH is 1. The Kier molecular flexibility index (Phi) is 6.27. The van der Waals surface area contributed by atoms with Crippen molar-refractivity contribution in [1.29, 1.82) is 0 Å². The molecule has 1 unspecified atom stereocenters. The van der Waals surface area contributed by atoms with Crippen LogP contribution in [0.4, 0.5) is 5.69 Å². The fraction of sp³-hybridized carbons (Fsp3) is 0.273. The van der Waals surface area contributed by atoms with Crippen molar-refractivity contribution in [2.75, 3.05) is 13.2 Å². The van der Waals surface area contributed by atoms with E-state index in [1.807, 2.05) is 13.8 Å². The Morgan fingerprint density at radius 2 is 1.87 bits per heavy atom. The summed E-state index contributed by atoms with van der Waals surface area (Å²) >= 11 is 0. The quantitative estimate of drug-likeness (QED) is 0.246. The smallest absolute Gasteiger partial charge is 0.295 e. The number of nitro groups is 1. The summed E-state index contributed by atoms with van der Waals surface area (Å²) in [6.07, 6.45) is -0.0399. The lowest BCUT2D eigenvalue weighted by Gasteiger charge is -2.25. The van der Waals surface area contributed by atoms with Crippen molar-refractivity contribution in [3.63, 3.8) is 0 Å². The average molecular weight is 410 g/mol. The summed E-state index contributed by atoms with van der Waals surface area (Å²) in [4.78, 5) is 37.5. The van der Waals surface area contributed by atoms with Gasteiger partial charge in [-0.1, -0.05) is 42.5 Å². The molecule has 0 saturated carbocycles. The maximum Gasteiger partial charge on any atom is 0.295 e. The van der Waals surface area contributed by atoms with Crippen LogP contribution in [0.5, 0.6) is 0 Å². The van der Waals surface area contributed by atoms with Gasteiger partial charge < -0.3 is 14.7 Å². The first-order valence-electron chi connectivity index (χ1n) is 9.51. The number of Topliss-reactive ketones (excluding diaryl/α,β-unsaturated/α-hetero) is 1. The molecule has 3 rings (SSSR count). The second kappa shape index (κ2) is 8.87. The van der Waals surface area contributed by atoms with E-state index in [9.17, 15) is 24.8 Å². The van der Waals surface area contributed by atoms with Gasteiger partial charge in [0.25, 0.3) is 17.4 Å². The first-order valence-corrected chi connectivity index (χ1v) is 9.51. The number of aliphatic hydroxyl groups is 1. The number of hydrogen-bond acceptors (Lipinski definition) is 6. The Morgan fingerprint density at radius 1 is 1.17 bits per heavy atom. The minimum Gasteiger partial charge on any atom is -0.507 e. The summed E-state index contributed by atoms with van der Waals surface area (Å²) in [7, 11) is 0. The largest absolute Gasteiger partial charge is 0.507 e. The number of ether oxygens (including phenoxy) is 1. The molecule has 0 aliphatic carbocycles. The molecule has 8 nitrogen and oxygen atoms in total. The Hall–Kier alpha value is -3.52. The molecule has 0 bridgehead atoms. The second-order valence-corrected chi connectivity index (χ2v) is 7.13. The number of carbonyl (C=O) groups is 2. The molecule has 156 valence electrons. The van der Waals surface area contributed by atoms with Crippen LogP contribution in [0.25, 0.3) is 5.76 Å². The second-order valence-electron chi connectivity index (χ2n) is 7.13. The normalized spacial score (nSPS) is 18.2. The highest BCUT2D eigenvalue weighted by Crippen LogP contribution is 2.39. The standard InChI is InChI=1S/C22H22N2O6/c1-14(2)30-12-11-23-19(15-7-4-3-5-8-15)18(21(26)22(23)27)20(25)16-9-6-10-17(13-16)24(28)29/h3-10,13-14,19,25H,11-12H2,1-2H3/b20-18-. The summed E-state index contributed by atoms with van der Waals surface area (Å²) in [5, 5.41) is 22.0. The number of rotatable bonds is 7. The lowest BCUT2D eigenvalue weighted by atomic mass is 9.95.